The molecule has 2 aromatic rings. The van der Waals surface area contributed by atoms with Crippen molar-refractivity contribution < 1.29 is 19.1 Å². The molecule has 5 heteroatoms. The van der Waals surface area contributed by atoms with Gasteiger partial charge in [-0.1, -0.05) is 6.92 Å². The summed E-state index contributed by atoms with van der Waals surface area (Å²) >= 11 is 0. The molecule has 0 fully saturated rings. The number of phenolic OH excluding ortho intramolecular Hbond substituents is 1. The van der Waals surface area contributed by atoms with Gasteiger partial charge in [-0.05, 0) is 23.6 Å². The average Bonchev–Trinajstić information content (AvgIpc) is 2.37. The molecule has 0 radical (unpaired) electrons. The van der Waals surface area contributed by atoms with E-state index in [2.05, 4.69) is 4.74 Å². The van der Waals surface area contributed by atoms with Crippen LogP contribution in [0.1, 0.15) is 18.1 Å². The molecule has 0 atom stereocenters. The monoisotopic (exact) mass is 262 g/mol. The summed E-state index contributed by atoms with van der Waals surface area (Å²) in [6.45, 7) is 1.90. The number of ether oxygens (including phenoxy) is 1. The van der Waals surface area contributed by atoms with E-state index in [1.54, 1.807) is 6.07 Å². The fourth-order valence-corrected chi connectivity index (χ4v) is 1.96. The van der Waals surface area contributed by atoms with E-state index in [-0.39, 0.29) is 17.8 Å². The molecule has 0 saturated heterocycles. The molecule has 2 rings (SSSR count). The van der Waals surface area contributed by atoms with Crippen LogP contribution in [-0.4, -0.2) is 18.2 Å². The van der Waals surface area contributed by atoms with Crippen molar-refractivity contribution in [3.8, 4) is 5.75 Å². The van der Waals surface area contributed by atoms with E-state index >= 15 is 0 Å². The lowest BCUT2D eigenvalue weighted by molar-refractivity contribution is -0.139. The highest BCUT2D eigenvalue weighted by Crippen LogP contribution is 2.27. The van der Waals surface area contributed by atoms with Crippen molar-refractivity contribution in [3.63, 3.8) is 0 Å². The van der Waals surface area contributed by atoms with Gasteiger partial charge in [-0.25, -0.2) is 4.79 Å². The van der Waals surface area contributed by atoms with Crippen molar-refractivity contribution in [2.75, 3.05) is 7.11 Å². The molecule has 19 heavy (non-hydrogen) atoms. The number of aryl methyl sites for hydroxylation is 1. The van der Waals surface area contributed by atoms with Crippen molar-refractivity contribution in [1.29, 1.82) is 0 Å². The number of carbonyl (C=O) groups is 1. The highest BCUT2D eigenvalue weighted by atomic mass is 16.5. The topological polar surface area (TPSA) is 76.7 Å². The van der Waals surface area contributed by atoms with E-state index in [1.807, 2.05) is 6.92 Å². The van der Waals surface area contributed by atoms with Crippen molar-refractivity contribution in [2.45, 2.75) is 19.8 Å². The summed E-state index contributed by atoms with van der Waals surface area (Å²) in [5.41, 5.74) is 0.969. The van der Waals surface area contributed by atoms with Gasteiger partial charge >= 0.3 is 11.6 Å². The van der Waals surface area contributed by atoms with E-state index < -0.39 is 11.6 Å². The van der Waals surface area contributed by atoms with Crippen molar-refractivity contribution in [3.05, 3.63) is 39.7 Å². The predicted molar refractivity (Wildman–Crippen MR) is 69.2 cm³/mol. The molecule has 0 amide bonds. The number of rotatable bonds is 3. The summed E-state index contributed by atoms with van der Waals surface area (Å²) in [4.78, 5) is 22.8. The molecule has 0 aliphatic carbocycles. The molecule has 0 spiro atoms. The summed E-state index contributed by atoms with van der Waals surface area (Å²) in [6, 6.07) is 4.40. The number of benzene rings is 1. The van der Waals surface area contributed by atoms with Gasteiger partial charge < -0.3 is 14.3 Å². The molecule has 0 bridgehead atoms. The minimum Gasteiger partial charge on any atom is -0.508 e. The fraction of sp³-hybridized carbons (Fsp3) is 0.286. The predicted octanol–water partition coefficient (Wildman–Crippen LogP) is 1.78. The minimum atomic E-state index is -0.560. The maximum Gasteiger partial charge on any atom is 0.336 e. The zero-order valence-corrected chi connectivity index (χ0v) is 10.7. The molecular formula is C14H14O5. The Morgan fingerprint density at radius 3 is 2.68 bits per heavy atom. The first-order chi connectivity index (χ1) is 9.05. The highest BCUT2D eigenvalue weighted by molar-refractivity contribution is 5.86. The van der Waals surface area contributed by atoms with Crippen LogP contribution < -0.4 is 5.63 Å². The van der Waals surface area contributed by atoms with E-state index in [0.29, 0.717) is 17.4 Å². The Balaban J connectivity index is 2.67. The second kappa shape index (κ2) is 5.14. The third-order valence-corrected chi connectivity index (χ3v) is 2.97. The summed E-state index contributed by atoms with van der Waals surface area (Å²) in [5, 5.41) is 10.4. The Morgan fingerprint density at radius 1 is 1.32 bits per heavy atom. The number of phenols is 1. The van der Waals surface area contributed by atoms with Gasteiger partial charge in [0.25, 0.3) is 0 Å². The SMILES string of the molecule is CCc1cc2c(CC(=O)OC)cc(=O)oc2cc1O. The average molecular weight is 262 g/mol. The molecule has 1 heterocycles. The Morgan fingerprint density at radius 2 is 2.05 bits per heavy atom. The molecule has 5 nitrogen and oxygen atoms in total. The zero-order valence-electron chi connectivity index (χ0n) is 10.7. The summed E-state index contributed by atoms with van der Waals surface area (Å²) < 4.78 is 9.63. The summed E-state index contributed by atoms with van der Waals surface area (Å²) in [6.07, 6.45) is 0.630. The van der Waals surface area contributed by atoms with Crippen molar-refractivity contribution >= 4 is 16.9 Å². The van der Waals surface area contributed by atoms with Gasteiger partial charge in [0.05, 0.1) is 13.5 Å². The number of esters is 1. The second-order valence-electron chi connectivity index (χ2n) is 4.17. The maximum atomic E-state index is 11.4. The van der Waals surface area contributed by atoms with Gasteiger partial charge in [0.2, 0.25) is 0 Å². The van der Waals surface area contributed by atoms with Crippen LogP contribution in [0.3, 0.4) is 0 Å². The number of hydrogen-bond donors (Lipinski definition) is 1. The Bertz CT molecular complexity index is 684. The number of hydrogen-bond acceptors (Lipinski definition) is 5. The quantitative estimate of drug-likeness (QED) is 0.674. The molecule has 1 aromatic carbocycles. The lowest BCUT2D eigenvalue weighted by Gasteiger charge is -2.07. The molecule has 0 aliphatic heterocycles. The van der Waals surface area contributed by atoms with E-state index in [0.717, 1.165) is 5.56 Å². The highest BCUT2D eigenvalue weighted by Gasteiger charge is 2.12. The minimum absolute atomic E-state index is 0.00741. The van der Waals surface area contributed by atoms with Crippen molar-refractivity contribution in [2.24, 2.45) is 0 Å². The summed E-state index contributed by atoms with van der Waals surface area (Å²) in [5.74, 6) is -0.355. The zero-order chi connectivity index (χ0) is 14.0. The van der Waals surface area contributed by atoms with Crippen LogP contribution in [0.4, 0.5) is 0 Å². The van der Waals surface area contributed by atoms with Gasteiger partial charge in [0.15, 0.2) is 0 Å². The standard InChI is InChI=1S/C14H14O5/c1-3-8-4-10-9(5-13(16)18-2)6-14(17)19-12(10)7-11(8)15/h4,6-7,15H,3,5H2,1-2H3. The molecular weight excluding hydrogens is 248 g/mol. The largest absolute Gasteiger partial charge is 0.508 e. The van der Waals surface area contributed by atoms with Crippen LogP contribution in [0, 0.1) is 0 Å². The van der Waals surface area contributed by atoms with Gasteiger partial charge in [-0.2, -0.15) is 0 Å². The van der Waals surface area contributed by atoms with Crippen LogP contribution in [0.5, 0.6) is 5.75 Å². The third-order valence-electron chi connectivity index (χ3n) is 2.97. The Labute approximate surface area is 109 Å². The molecule has 0 aliphatic rings. The van der Waals surface area contributed by atoms with E-state index in [4.69, 9.17) is 4.42 Å². The molecule has 1 N–H and O–H groups in total. The Hall–Kier alpha value is -2.30. The molecule has 1 aromatic heterocycles. The molecule has 100 valence electrons. The normalized spacial score (nSPS) is 10.6. The third kappa shape index (κ3) is 2.59. The maximum absolute atomic E-state index is 11.4. The first kappa shape index (κ1) is 13.1. The summed E-state index contributed by atoms with van der Waals surface area (Å²) in [7, 11) is 1.29. The van der Waals surface area contributed by atoms with Crippen LogP contribution in [0.25, 0.3) is 11.0 Å². The van der Waals surface area contributed by atoms with E-state index in [1.165, 1.54) is 19.2 Å². The first-order valence-corrected chi connectivity index (χ1v) is 5.90. The smallest absolute Gasteiger partial charge is 0.336 e. The van der Waals surface area contributed by atoms with Crippen LogP contribution >= 0.6 is 0 Å². The number of methoxy groups -OCH3 is 1. The van der Waals surface area contributed by atoms with Gasteiger partial charge in [0.1, 0.15) is 11.3 Å². The lowest BCUT2D eigenvalue weighted by Crippen LogP contribution is -2.08. The van der Waals surface area contributed by atoms with Gasteiger partial charge in [-0.3, -0.25) is 4.79 Å². The van der Waals surface area contributed by atoms with E-state index in [9.17, 15) is 14.7 Å². The molecule has 0 saturated carbocycles. The lowest BCUT2D eigenvalue weighted by atomic mass is 10.0. The van der Waals surface area contributed by atoms with Gasteiger partial charge in [0, 0.05) is 17.5 Å². The fourth-order valence-electron chi connectivity index (χ4n) is 1.96. The van der Waals surface area contributed by atoms with Crippen LogP contribution in [0.15, 0.2) is 27.4 Å². The molecule has 0 unspecified atom stereocenters. The number of aromatic hydroxyl groups is 1. The first-order valence-electron chi connectivity index (χ1n) is 5.90. The van der Waals surface area contributed by atoms with Gasteiger partial charge in [-0.15, -0.1) is 0 Å². The van der Waals surface area contributed by atoms with Crippen LogP contribution in [0.2, 0.25) is 0 Å². The number of carbonyl (C=O) groups excluding carboxylic acids is 1. The van der Waals surface area contributed by atoms with Crippen molar-refractivity contribution in [1.82, 2.24) is 0 Å². The van der Waals surface area contributed by atoms with Crippen LogP contribution in [-0.2, 0) is 22.4 Å². The Kier molecular flexibility index (Phi) is 3.55. The number of fused-ring (bicyclic) bond motifs is 1. The second-order valence-corrected chi connectivity index (χ2v) is 4.17.